The quantitative estimate of drug-likeness (QED) is 0.859. The van der Waals surface area contributed by atoms with Crippen LogP contribution in [-0.2, 0) is 10.0 Å². The number of carbonyl (C=O) groups excluding carboxylic acids is 1. The predicted molar refractivity (Wildman–Crippen MR) is 108 cm³/mol. The van der Waals surface area contributed by atoms with Crippen LogP contribution in [-0.4, -0.2) is 31.7 Å². The molecule has 1 fully saturated rings. The molecule has 0 spiro atoms. The Morgan fingerprint density at radius 1 is 0.889 bits per heavy atom. The Morgan fingerprint density at radius 2 is 1.44 bits per heavy atom. The lowest BCUT2D eigenvalue weighted by Gasteiger charge is -2.20. The van der Waals surface area contributed by atoms with Gasteiger partial charge in [-0.05, 0) is 62.1 Å². The zero-order chi connectivity index (χ0) is 19.4. The Balaban J connectivity index is 1.77. The van der Waals surface area contributed by atoms with E-state index in [4.69, 9.17) is 0 Å². The van der Waals surface area contributed by atoms with Crippen LogP contribution in [0.25, 0.3) is 0 Å². The van der Waals surface area contributed by atoms with Crippen LogP contribution in [0.3, 0.4) is 0 Å². The van der Waals surface area contributed by atoms with Gasteiger partial charge in [0.1, 0.15) is 0 Å². The molecule has 1 saturated heterocycles. The van der Waals surface area contributed by atoms with Crippen molar-refractivity contribution in [2.24, 2.45) is 0 Å². The topological polar surface area (TPSA) is 66.5 Å². The summed E-state index contributed by atoms with van der Waals surface area (Å²) in [7, 11) is -3.50. The summed E-state index contributed by atoms with van der Waals surface area (Å²) in [5, 5.41) is 2.93. The third kappa shape index (κ3) is 4.39. The highest BCUT2D eigenvalue weighted by atomic mass is 32.2. The number of para-hydroxylation sites is 1. The monoisotopic (exact) mass is 386 g/mol. The Morgan fingerprint density at radius 3 is 2.00 bits per heavy atom. The molecule has 0 saturated carbocycles. The van der Waals surface area contributed by atoms with E-state index < -0.39 is 10.0 Å². The molecule has 0 unspecified atom stereocenters. The van der Waals surface area contributed by atoms with Gasteiger partial charge in [-0.1, -0.05) is 31.0 Å². The fourth-order valence-electron chi connectivity index (χ4n) is 3.41. The summed E-state index contributed by atoms with van der Waals surface area (Å²) >= 11 is 0. The molecule has 6 heteroatoms. The van der Waals surface area contributed by atoms with Crippen LogP contribution in [0.15, 0.2) is 47.4 Å². The minimum Gasteiger partial charge on any atom is -0.322 e. The number of amides is 1. The van der Waals surface area contributed by atoms with Gasteiger partial charge in [0.25, 0.3) is 5.91 Å². The highest BCUT2D eigenvalue weighted by Gasteiger charge is 2.25. The van der Waals surface area contributed by atoms with Crippen molar-refractivity contribution in [1.29, 1.82) is 0 Å². The zero-order valence-corrected chi connectivity index (χ0v) is 16.7. The van der Waals surface area contributed by atoms with E-state index in [0.717, 1.165) is 42.5 Å². The van der Waals surface area contributed by atoms with E-state index in [1.807, 2.05) is 32.0 Å². The molecule has 144 valence electrons. The number of rotatable bonds is 4. The number of aryl methyl sites for hydroxylation is 2. The van der Waals surface area contributed by atoms with E-state index in [1.54, 1.807) is 16.4 Å². The van der Waals surface area contributed by atoms with Gasteiger partial charge in [-0.25, -0.2) is 8.42 Å². The summed E-state index contributed by atoms with van der Waals surface area (Å²) in [6.45, 7) is 5.02. The van der Waals surface area contributed by atoms with Gasteiger partial charge in [0, 0.05) is 24.3 Å². The molecule has 5 nitrogen and oxygen atoms in total. The molecule has 1 aliphatic rings. The van der Waals surface area contributed by atoms with Gasteiger partial charge in [-0.3, -0.25) is 4.79 Å². The summed E-state index contributed by atoms with van der Waals surface area (Å²) in [4.78, 5) is 12.8. The number of benzene rings is 2. The van der Waals surface area contributed by atoms with E-state index in [9.17, 15) is 13.2 Å². The van der Waals surface area contributed by atoms with Crippen LogP contribution in [0, 0.1) is 13.8 Å². The van der Waals surface area contributed by atoms with Gasteiger partial charge in [0.05, 0.1) is 4.90 Å². The maximum absolute atomic E-state index is 12.8. The largest absolute Gasteiger partial charge is 0.322 e. The molecule has 0 bridgehead atoms. The normalized spacial score (nSPS) is 15.9. The van der Waals surface area contributed by atoms with Crippen molar-refractivity contribution in [2.45, 2.75) is 44.4 Å². The average Bonchev–Trinajstić information content (AvgIpc) is 2.95. The molecule has 0 radical (unpaired) electrons. The molecule has 1 N–H and O–H groups in total. The first kappa shape index (κ1) is 19.6. The van der Waals surface area contributed by atoms with E-state index in [2.05, 4.69) is 5.32 Å². The number of nitrogens with zero attached hydrogens (tertiary/aromatic N) is 1. The van der Waals surface area contributed by atoms with E-state index in [-0.39, 0.29) is 10.8 Å². The number of carbonyl (C=O) groups is 1. The first-order valence-corrected chi connectivity index (χ1v) is 10.8. The number of anilines is 1. The lowest BCUT2D eigenvalue weighted by molar-refractivity contribution is 0.102. The number of nitrogens with one attached hydrogen (secondary N) is 1. The first-order chi connectivity index (χ1) is 12.9. The molecule has 1 amide bonds. The van der Waals surface area contributed by atoms with Gasteiger partial charge in [0.2, 0.25) is 10.0 Å². The van der Waals surface area contributed by atoms with Gasteiger partial charge in [0.15, 0.2) is 0 Å². The Hall–Kier alpha value is -2.18. The van der Waals surface area contributed by atoms with Gasteiger partial charge in [-0.15, -0.1) is 0 Å². The molecule has 0 aromatic heterocycles. The second kappa shape index (κ2) is 8.23. The van der Waals surface area contributed by atoms with E-state index in [0.29, 0.717) is 18.7 Å². The summed E-state index contributed by atoms with van der Waals surface area (Å²) in [5.41, 5.74) is 3.21. The van der Waals surface area contributed by atoms with Crippen molar-refractivity contribution in [3.05, 3.63) is 59.2 Å². The van der Waals surface area contributed by atoms with Crippen molar-refractivity contribution in [3.8, 4) is 0 Å². The van der Waals surface area contributed by atoms with Crippen LogP contribution < -0.4 is 5.32 Å². The van der Waals surface area contributed by atoms with Crippen LogP contribution >= 0.6 is 0 Å². The van der Waals surface area contributed by atoms with E-state index >= 15 is 0 Å². The van der Waals surface area contributed by atoms with Gasteiger partial charge < -0.3 is 5.32 Å². The van der Waals surface area contributed by atoms with Gasteiger partial charge in [-0.2, -0.15) is 4.31 Å². The molecule has 1 aliphatic heterocycles. The fourth-order valence-corrected chi connectivity index (χ4v) is 4.92. The predicted octanol–water partition coefficient (Wildman–Crippen LogP) is 4.12. The molecule has 2 aromatic rings. The molecule has 3 rings (SSSR count). The number of sulfonamides is 1. The minimum atomic E-state index is -3.50. The molecular formula is C21H26N2O3S. The summed E-state index contributed by atoms with van der Waals surface area (Å²) in [5.74, 6) is -0.244. The Kier molecular flexibility index (Phi) is 5.97. The highest BCUT2D eigenvalue weighted by molar-refractivity contribution is 7.89. The minimum absolute atomic E-state index is 0.244. The highest BCUT2D eigenvalue weighted by Crippen LogP contribution is 2.23. The summed E-state index contributed by atoms with van der Waals surface area (Å²) in [6, 6.07) is 12.0. The maximum atomic E-state index is 12.8. The molecular weight excluding hydrogens is 360 g/mol. The second-order valence-corrected chi connectivity index (χ2v) is 9.00. The van der Waals surface area contributed by atoms with Crippen molar-refractivity contribution in [3.63, 3.8) is 0 Å². The second-order valence-electron chi connectivity index (χ2n) is 7.06. The Labute approximate surface area is 161 Å². The average molecular weight is 387 g/mol. The maximum Gasteiger partial charge on any atom is 0.255 e. The summed E-state index contributed by atoms with van der Waals surface area (Å²) in [6.07, 6.45) is 3.94. The van der Waals surface area contributed by atoms with Crippen molar-refractivity contribution in [2.75, 3.05) is 18.4 Å². The third-order valence-corrected chi connectivity index (χ3v) is 6.95. The van der Waals surface area contributed by atoms with Crippen LogP contribution in [0.1, 0.15) is 47.2 Å². The van der Waals surface area contributed by atoms with Crippen molar-refractivity contribution < 1.29 is 13.2 Å². The molecule has 27 heavy (non-hydrogen) atoms. The third-order valence-electron chi connectivity index (χ3n) is 5.04. The molecule has 1 heterocycles. The Bertz CT molecular complexity index is 893. The number of hydrogen-bond acceptors (Lipinski definition) is 3. The molecule has 0 aliphatic carbocycles. The molecule has 2 aromatic carbocycles. The van der Waals surface area contributed by atoms with E-state index in [1.165, 1.54) is 12.1 Å². The zero-order valence-electron chi connectivity index (χ0n) is 15.9. The molecule has 0 atom stereocenters. The van der Waals surface area contributed by atoms with Crippen LogP contribution in [0.4, 0.5) is 5.69 Å². The smallest absolute Gasteiger partial charge is 0.255 e. The van der Waals surface area contributed by atoms with Gasteiger partial charge >= 0.3 is 0 Å². The number of hydrogen-bond donors (Lipinski definition) is 1. The fraction of sp³-hybridized carbons (Fsp3) is 0.381. The van der Waals surface area contributed by atoms with Crippen LogP contribution in [0.5, 0.6) is 0 Å². The standard InChI is InChI=1S/C21H26N2O3S/c1-16-8-7-9-17(2)20(16)22-21(24)18-10-12-19(13-11-18)27(25,26)23-14-5-3-4-6-15-23/h7-13H,3-6,14-15H2,1-2H3,(H,22,24). The summed E-state index contributed by atoms with van der Waals surface area (Å²) < 4.78 is 27.2. The van der Waals surface area contributed by atoms with Crippen LogP contribution in [0.2, 0.25) is 0 Å². The van der Waals surface area contributed by atoms with Crippen molar-refractivity contribution >= 4 is 21.6 Å². The first-order valence-electron chi connectivity index (χ1n) is 9.37. The SMILES string of the molecule is Cc1cccc(C)c1NC(=O)c1ccc(S(=O)(=O)N2CCCCCC2)cc1. The lowest BCUT2D eigenvalue weighted by Crippen LogP contribution is -2.31. The lowest BCUT2D eigenvalue weighted by atomic mass is 10.1. The van der Waals surface area contributed by atoms with Crippen molar-refractivity contribution in [1.82, 2.24) is 4.31 Å².